The number of morpholine rings is 1. The number of nitrogens with zero attached hydrogens (tertiary/aromatic N) is 1. The van der Waals surface area contributed by atoms with Crippen molar-refractivity contribution in [3.05, 3.63) is 33.8 Å². The van der Waals surface area contributed by atoms with Crippen LogP contribution < -0.4 is 0 Å². The Morgan fingerprint density at radius 1 is 1.32 bits per heavy atom. The number of hydrogen-bond acceptors (Lipinski definition) is 2. The summed E-state index contributed by atoms with van der Waals surface area (Å²) >= 11 is 11.9. The third-order valence-electron chi connectivity index (χ3n) is 3.13. The molecule has 1 saturated heterocycles. The number of benzene rings is 1. The lowest BCUT2D eigenvalue weighted by Crippen LogP contribution is -2.48. The van der Waals surface area contributed by atoms with Crippen molar-refractivity contribution in [2.75, 3.05) is 13.1 Å². The van der Waals surface area contributed by atoms with Crippen molar-refractivity contribution in [2.45, 2.75) is 32.5 Å². The maximum atomic E-state index is 12.3. The predicted molar refractivity (Wildman–Crippen MR) is 76.8 cm³/mol. The molecule has 0 N–H and O–H groups in total. The highest BCUT2D eigenvalue weighted by molar-refractivity contribution is 6.35. The molecule has 2 rings (SSSR count). The summed E-state index contributed by atoms with van der Waals surface area (Å²) in [6.45, 7) is 5.22. The summed E-state index contributed by atoms with van der Waals surface area (Å²) in [5.41, 5.74) is 0.808. The van der Waals surface area contributed by atoms with Crippen LogP contribution in [-0.4, -0.2) is 36.1 Å². The summed E-state index contributed by atoms with van der Waals surface area (Å²) in [5.74, 6) is 0.0752. The minimum Gasteiger partial charge on any atom is -0.372 e. The summed E-state index contributed by atoms with van der Waals surface area (Å²) in [6.07, 6.45) is 0.455. The molecule has 0 aromatic heterocycles. The van der Waals surface area contributed by atoms with E-state index in [2.05, 4.69) is 0 Å². The molecule has 1 fully saturated rings. The zero-order chi connectivity index (χ0) is 14.0. The van der Waals surface area contributed by atoms with E-state index in [9.17, 15) is 4.79 Å². The summed E-state index contributed by atoms with van der Waals surface area (Å²) in [5, 5.41) is 1.12. The van der Waals surface area contributed by atoms with Crippen LogP contribution in [0.25, 0.3) is 0 Å². The van der Waals surface area contributed by atoms with Gasteiger partial charge >= 0.3 is 0 Å². The van der Waals surface area contributed by atoms with Gasteiger partial charge in [-0.05, 0) is 31.5 Å². The quantitative estimate of drug-likeness (QED) is 0.840. The van der Waals surface area contributed by atoms with E-state index >= 15 is 0 Å². The van der Waals surface area contributed by atoms with Gasteiger partial charge < -0.3 is 9.64 Å². The number of rotatable bonds is 2. The summed E-state index contributed by atoms with van der Waals surface area (Å²) in [6, 6.07) is 5.22. The van der Waals surface area contributed by atoms with E-state index in [1.54, 1.807) is 18.2 Å². The molecule has 2 unspecified atom stereocenters. The van der Waals surface area contributed by atoms with E-state index < -0.39 is 0 Å². The van der Waals surface area contributed by atoms with Crippen LogP contribution in [-0.2, 0) is 16.0 Å². The zero-order valence-corrected chi connectivity index (χ0v) is 12.5. The Kier molecular flexibility index (Phi) is 4.71. The first-order valence-corrected chi connectivity index (χ1v) is 7.08. The van der Waals surface area contributed by atoms with E-state index in [4.69, 9.17) is 27.9 Å². The first kappa shape index (κ1) is 14.6. The fraction of sp³-hybridized carbons (Fsp3) is 0.500. The fourth-order valence-corrected chi connectivity index (χ4v) is 2.80. The third-order valence-corrected chi connectivity index (χ3v) is 3.72. The lowest BCUT2D eigenvalue weighted by atomic mass is 10.1. The lowest BCUT2D eigenvalue weighted by Gasteiger charge is -2.35. The number of ether oxygens (including phenoxy) is 1. The molecular formula is C14H17Cl2NO2. The molecular weight excluding hydrogens is 285 g/mol. The second-order valence-corrected chi connectivity index (χ2v) is 5.81. The topological polar surface area (TPSA) is 29.5 Å². The molecule has 1 aliphatic rings. The summed E-state index contributed by atoms with van der Waals surface area (Å²) < 4.78 is 5.62. The molecule has 1 aromatic carbocycles. The molecule has 0 bridgehead atoms. The Bertz CT molecular complexity index is 469. The summed E-state index contributed by atoms with van der Waals surface area (Å²) in [4.78, 5) is 14.1. The highest BCUT2D eigenvalue weighted by Gasteiger charge is 2.26. The van der Waals surface area contributed by atoms with Gasteiger partial charge in [-0.15, -0.1) is 0 Å². The van der Waals surface area contributed by atoms with Crippen molar-refractivity contribution < 1.29 is 9.53 Å². The van der Waals surface area contributed by atoms with Gasteiger partial charge in [-0.1, -0.05) is 29.3 Å². The Morgan fingerprint density at radius 2 is 1.95 bits per heavy atom. The average molecular weight is 302 g/mol. The number of carbonyl (C=O) groups is 1. The molecule has 1 aromatic rings. The standard InChI is InChI=1S/C14H17Cl2NO2/c1-9-7-17(8-10(2)19-9)14(18)5-11-3-4-12(15)6-13(11)16/h3-4,6,9-10H,5,7-8H2,1-2H3. The van der Waals surface area contributed by atoms with Gasteiger partial charge in [0.05, 0.1) is 18.6 Å². The monoisotopic (exact) mass is 301 g/mol. The van der Waals surface area contributed by atoms with Crippen molar-refractivity contribution in [2.24, 2.45) is 0 Å². The van der Waals surface area contributed by atoms with E-state index in [0.29, 0.717) is 29.6 Å². The van der Waals surface area contributed by atoms with Crippen molar-refractivity contribution >= 4 is 29.1 Å². The van der Waals surface area contributed by atoms with Crippen molar-refractivity contribution in [3.63, 3.8) is 0 Å². The summed E-state index contributed by atoms with van der Waals surface area (Å²) in [7, 11) is 0. The molecule has 0 radical (unpaired) electrons. The highest BCUT2D eigenvalue weighted by Crippen LogP contribution is 2.22. The predicted octanol–water partition coefficient (Wildman–Crippen LogP) is 3.17. The fourth-order valence-electron chi connectivity index (χ4n) is 2.32. The van der Waals surface area contributed by atoms with E-state index in [1.807, 2.05) is 18.7 Å². The molecule has 3 nitrogen and oxygen atoms in total. The van der Waals surface area contributed by atoms with Crippen LogP contribution >= 0.6 is 23.2 Å². The van der Waals surface area contributed by atoms with Crippen LogP contribution in [0.5, 0.6) is 0 Å². The van der Waals surface area contributed by atoms with Crippen molar-refractivity contribution in [1.29, 1.82) is 0 Å². The number of carbonyl (C=O) groups excluding carboxylic acids is 1. The number of hydrogen-bond donors (Lipinski definition) is 0. The first-order chi connectivity index (χ1) is 8.95. The molecule has 0 aliphatic carbocycles. The Hall–Kier alpha value is -0.770. The maximum absolute atomic E-state index is 12.3. The molecule has 104 valence electrons. The minimum absolute atomic E-state index is 0.0752. The van der Waals surface area contributed by atoms with Gasteiger partial charge in [0.25, 0.3) is 0 Å². The highest BCUT2D eigenvalue weighted by atomic mass is 35.5. The second kappa shape index (κ2) is 6.12. The zero-order valence-electron chi connectivity index (χ0n) is 11.0. The normalized spacial score (nSPS) is 23.5. The second-order valence-electron chi connectivity index (χ2n) is 4.97. The van der Waals surface area contributed by atoms with Gasteiger partial charge in [0.1, 0.15) is 0 Å². The largest absolute Gasteiger partial charge is 0.372 e. The van der Waals surface area contributed by atoms with Crippen molar-refractivity contribution in [3.8, 4) is 0 Å². The molecule has 19 heavy (non-hydrogen) atoms. The van der Waals surface area contributed by atoms with Crippen LogP contribution in [0.1, 0.15) is 19.4 Å². The van der Waals surface area contributed by atoms with Gasteiger partial charge in [-0.2, -0.15) is 0 Å². The van der Waals surface area contributed by atoms with Gasteiger partial charge in [0.2, 0.25) is 5.91 Å². The molecule has 1 aliphatic heterocycles. The number of amides is 1. The SMILES string of the molecule is CC1CN(C(=O)Cc2ccc(Cl)cc2Cl)CC(C)O1. The van der Waals surface area contributed by atoms with E-state index in [-0.39, 0.29) is 18.1 Å². The molecule has 1 amide bonds. The van der Waals surface area contributed by atoms with Gasteiger partial charge in [0, 0.05) is 23.1 Å². The first-order valence-electron chi connectivity index (χ1n) is 6.33. The van der Waals surface area contributed by atoms with Crippen LogP contribution in [0, 0.1) is 0 Å². The third kappa shape index (κ3) is 3.85. The lowest BCUT2D eigenvalue weighted by molar-refractivity contribution is -0.142. The van der Waals surface area contributed by atoms with E-state index in [0.717, 1.165) is 5.56 Å². The van der Waals surface area contributed by atoms with Crippen LogP contribution in [0.15, 0.2) is 18.2 Å². The Labute approximate surface area is 123 Å². The maximum Gasteiger partial charge on any atom is 0.227 e. The van der Waals surface area contributed by atoms with E-state index in [1.165, 1.54) is 0 Å². The molecule has 2 atom stereocenters. The van der Waals surface area contributed by atoms with Gasteiger partial charge in [-0.25, -0.2) is 0 Å². The molecule has 5 heteroatoms. The Balaban J connectivity index is 2.04. The van der Waals surface area contributed by atoms with Crippen LogP contribution in [0.3, 0.4) is 0 Å². The minimum atomic E-state index is 0.0752. The molecule has 0 saturated carbocycles. The van der Waals surface area contributed by atoms with Gasteiger partial charge in [0.15, 0.2) is 0 Å². The van der Waals surface area contributed by atoms with Crippen molar-refractivity contribution in [1.82, 2.24) is 4.90 Å². The van der Waals surface area contributed by atoms with Gasteiger partial charge in [-0.3, -0.25) is 4.79 Å². The smallest absolute Gasteiger partial charge is 0.227 e. The Morgan fingerprint density at radius 3 is 2.53 bits per heavy atom. The average Bonchev–Trinajstić information content (AvgIpc) is 2.31. The van der Waals surface area contributed by atoms with Crippen LogP contribution in [0.4, 0.5) is 0 Å². The molecule has 1 heterocycles. The number of halogens is 2. The van der Waals surface area contributed by atoms with Crippen LogP contribution in [0.2, 0.25) is 10.0 Å². The molecule has 0 spiro atoms.